The second-order valence-corrected chi connectivity index (χ2v) is 6.28. The average molecular weight is 261 g/mol. The van der Waals surface area contributed by atoms with Crippen LogP contribution in [0.1, 0.15) is 55.5 Å². The zero-order valence-corrected chi connectivity index (χ0v) is 12.0. The highest BCUT2D eigenvalue weighted by Gasteiger charge is 2.33. The summed E-state index contributed by atoms with van der Waals surface area (Å²) in [5.74, 6) is -0.108. The number of hydrogen-bond acceptors (Lipinski definition) is 2. The van der Waals surface area contributed by atoms with Crippen LogP contribution in [-0.4, -0.2) is 17.1 Å². The minimum Gasteiger partial charge on any atom is -0.507 e. The summed E-state index contributed by atoms with van der Waals surface area (Å²) in [4.78, 5) is 12.3. The van der Waals surface area contributed by atoms with Crippen LogP contribution in [0.2, 0.25) is 0 Å². The summed E-state index contributed by atoms with van der Waals surface area (Å²) in [6.07, 6.45) is 4.55. The molecule has 1 saturated carbocycles. The van der Waals surface area contributed by atoms with E-state index in [1.807, 2.05) is 13.0 Å². The van der Waals surface area contributed by atoms with Crippen LogP contribution in [-0.2, 0) is 0 Å². The maximum atomic E-state index is 12.3. The van der Waals surface area contributed by atoms with Crippen LogP contribution in [0.15, 0.2) is 18.2 Å². The number of benzene rings is 1. The molecule has 0 aliphatic heterocycles. The maximum Gasteiger partial charge on any atom is 0.255 e. The normalized spacial score (nSPS) is 21.9. The van der Waals surface area contributed by atoms with Gasteiger partial charge in [0, 0.05) is 6.04 Å². The fourth-order valence-electron chi connectivity index (χ4n) is 2.83. The molecule has 1 amide bonds. The molecule has 104 valence electrons. The second kappa shape index (κ2) is 5.24. The van der Waals surface area contributed by atoms with E-state index in [2.05, 4.69) is 19.2 Å². The van der Waals surface area contributed by atoms with Gasteiger partial charge in [-0.1, -0.05) is 32.8 Å². The number of carbonyl (C=O) groups is 1. The lowest BCUT2D eigenvalue weighted by molar-refractivity contribution is 0.0851. The molecule has 19 heavy (non-hydrogen) atoms. The van der Waals surface area contributed by atoms with E-state index in [0.29, 0.717) is 5.56 Å². The molecular formula is C16H23NO2. The molecule has 0 radical (unpaired) electrons. The number of amides is 1. The third kappa shape index (κ3) is 3.09. The monoisotopic (exact) mass is 261 g/mol. The Morgan fingerprint density at radius 2 is 2.11 bits per heavy atom. The van der Waals surface area contributed by atoms with Gasteiger partial charge in [0.2, 0.25) is 0 Å². The van der Waals surface area contributed by atoms with Gasteiger partial charge in [-0.3, -0.25) is 4.79 Å². The van der Waals surface area contributed by atoms with Gasteiger partial charge in [-0.05, 0) is 42.9 Å². The van der Waals surface area contributed by atoms with Crippen molar-refractivity contribution < 1.29 is 9.90 Å². The molecule has 1 fully saturated rings. The van der Waals surface area contributed by atoms with Crippen molar-refractivity contribution >= 4 is 5.91 Å². The predicted octanol–water partition coefficient (Wildman–Crippen LogP) is 3.40. The molecule has 1 aliphatic rings. The van der Waals surface area contributed by atoms with Gasteiger partial charge in [-0.25, -0.2) is 0 Å². The van der Waals surface area contributed by atoms with Gasteiger partial charge in [0.15, 0.2) is 0 Å². The summed E-state index contributed by atoms with van der Waals surface area (Å²) in [7, 11) is 0. The molecule has 0 aromatic heterocycles. The topological polar surface area (TPSA) is 49.3 Å². The number of phenolic OH excluding ortho intramolecular Hbond substituents is 1. The number of rotatable bonds is 2. The van der Waals surface area contributed by atoms with Gasteiger partial charge in [0.1, 0.15) is 5.75 Å². The highest BCUT2D eigenvalue weighted by Crippen LogP contribution is 2.35. The molecule has 0 bridgehead atoms. The van der Waals surface area contributed by atoms with Crippen molar-refractivity contribution in [3.8, 4) is 5.75 Å². The number of aromatic hydroxyl groups is 1. The average Bonchev–Trinajstić information content (AvgIpc) is 2.31. The molecule has 1 atom stereocenters. The Balaban J connectivity index is 2.12. The Labute approximate surface area is 115 Å². The summed E-state index contributed by atoms with van der Waals surface area (Å²) in [5, 5.41) is 12.9. The Morgan fingerprint density at radius 1 is 1.37 bits per heavy atom. The van der Waals surface area contributed by atoms with Gasteiger partial charge in [-0.2, -0.15) is 0 Å². The smallest absolute Gasteiger partial charge is 0.255 e. The lowest BCUT2D eigenvalue weighted by Crippen LogP contribution is -2.46. The van der Waals surface area contributed by atoms with Crippen LogP contribution in [0, 0.1) is 12.3 Å². The highest BCUT2D eigenvalue weighted by molar-refractivity contribution is 5.97. The van der Waals surface area contributed by atoms with Crippen molar-refractivity contribution in [3.63, 3.8) is 0 Å². The molecule has 0 spiro atoms. The lowest BCUT2D eigenvalue weighted by atomic mass is 9.73. The van der Waals surface area contributed by atoms with E-state index in [4.69, 9.17) is 0 Å². The quantitative estimate of drug-likeness (QED) is 0.857. The second-order valence-electron chi connectivity index (χ2n) is 6.28. The molecule has 1 aromatic carbocycles. The van der Waals surface area contributed by atoms with E-state index < -0.39 is 0 Å². The fourth-order valence-corrected chi connectivity index (χ4v) is 2.83. The van der Waals surface area contributed by atoms with E-state index in [1.54, 1.807) is 12.1 Å². The molecule has 0 saturated heterocycles. The maximum absolute atomic E-state index is 12.3. The fraction of sp³-hybridized carbons (Fsp3) is 0.562. The summed E-state index contributed by atoms with van der Waals surface area (Å²) in [5.41, 5.74) is 1.45. The van der Waals surface area contributed by atoms with E-state index in [-0.39, 0.29) is 23.1 Å². The molecule has 2 rings (SSSR count). The summed E-state index contributed by atoms with van der Waals surface area (Å²) in [6.45, 7) is 6.30. The van der Waals surface area contributed by atoms with E-state index in [1.165, 1.54) is 6.42 Å². The molecule has 3 heteroatoms. The number of hydrogen-bond donors (Lipinski definition) is 2. The SMILES string of the molecule is Cc1ccc(C(=O)NC2CCCCC2(C)C)c(O)c1. The van der Waals surface area contributed by atoms with Crippen LogP contribution in [0.5, 0.6) is 5.75 Å². The van der Waals surface area contributed by atoms with Crippen molar-refractivity contribution in [2.24, 2.45) is 5.41 Å². The number of carbonyl (C=O) groups excluding carboxylic acids is 1. The first kappa shape index (κ1) is 13.9. The number of phenols is 1. The Morgan fingerprint density at radius 3 is 2.74 bits per heavy atom. The van der Waals surface area contributed by atoms with Crippen molar-refractivity contribution in [1.82, 2.24) is 5.32 Å². The Hall–Kier alpha value is -1.51. The molecule has 3 nitrogen and oxygen atoms in total. The van der Waals surface area contributed by atoms with Gasteiger partial charge >= 0.3 is 0 Å². The molecule has 1 unspecified atom stereocenters. The van der Waals surface area contributed by atoms with Gasteiger partial charge in [0.25, 0.3) is 5.91 Å². The highest BCUT2D eigenvalue weighted by atomic mass is 16.3. The van der Waals surface area contributed by atoms with Crippen LogP contribution in [0.4, 0.5) is 0 Å². The summed E-state index contributed by atoms with van der Waals surface area (Å²) >= 11 is 0. The molecule has 2 N–H and O–H groups in total. The standard InChI is InChI=1S/C16H23NO2/c1-11-7-8-12(13(18)10-11)15(19)17-14-6-4-5-9-16(14,2)3/h7-8,10,14,18H,4-6,9H2,1-3H3,(H,17,19). The van der Waals surface area contributed by atoms with Crippen molar-refractivity contribution in [1.29, 1.82) is 0 Å². The Kier molecular flexibility index (Phi) is 3.83. The third-order valence-corrected chi connectivity index (χ3v) is 4.21. The zero-order valence-electron chi connectivity index (χ0n) is 12.0. The van der Waals surface area contributed by atoms with Gasteiger partial charge < -0.3 is 10.4 Å². The number of nitrogens with one attached hydrogen (secondary N) is 1. The van der Waals surface area contributed by atoms with Crippen LogP contribution in [0.25, 0.3) is 0 Å². The first-order chi connectivity index (χ1) is 8.90. The number of aryl methyl sites for hydroxylation is 1. The Bertz CT molecular complexity index is 480. The minimum absolute atomic E-state index is 0.0612. The molecule has 1 aliphatic carbocycles. The van der Waals surface area contributed by atoms with E-state index in [9.17, 15) is 9.90 Å². The first-order valence-electron chi connectivity index (χ1n) is 7.00. The first-order valence-corrected chi connectivity index (χ1v) is 7.00. The van der Waals surface area contributed by atoms with Crippen LogP contribution in [0.3, 0.4) is 0 Å². The van der Waals surface area contributed by atoms with Crippen molar-refractivity contribution in [2.45, 2.75) is 52.5 Å². The van der Waals surface area contributed by atoms with Crippen LogP contribution >= 0.6 is 0 Å². The minimum atomic E-state index is -0.169. The zero-order chi connectivity index (χ0) is 14.0. The van der Waals surface area contributed by atoms with Gasteiger partial charge in [0.05, 0.1) is 5.56 Å². The van der Waals surface area contributed by atoms with E-state index >= 15 is 0 Å². The molecular weight excluding hydrogens is 238 g/mol. The predicted molar refractivity (Wildman–Crippen MR) is 76.3 cm³/mol. The third-order valence-electron chi connectivity index (χ3n) is 4.21. The molecule has 0 heterocycles. The summed E-state index contributed by atoms with van der Waals surface area (Å²) in [6, 6.07) is 5.35. The summed E-state index contributed by atoms with van der Waals surface area (Å²) < 4.78 is 0. The van der Waals surface area contributed by atoms with Gasteiger partial charge in [-0.15, -0.1) is 0 Å². The van der Waals surface area contributed by atoms with Crippen molar-refractivity contribution in [2.75, 3.05) is 0 Å². The van der Waals surface area contributed by atoms with Crippen molar-refractivity contribution in [3.05, 3.63) is 29.3 Å². The largest absolute Gasteiger partial charge is 0.507 e. The molecule has 1 aromatic rings. The lowest BCUT2D eigenvalue weighted by Gasteiger charge is -2.39. The van der Waals surface area contributed by atoms with Crippen LogP contribution < -0.4 is 5.32 Å². The van der Waals surface area contributed by atoms with E-state index in [0.717, 1.165) is 24.8 Å².